The molecule has 0 spiro atoms. The van der Waals surface area contributed by atoms with Crippen molar-refractivity contribution in [1.29, 1.82) is 0 Å². The number of pyridine rings is 1. The van der Waals surface area contributed by atoms with Crippen LogP contribution in [-0.2, 0) is 7.05 Å². The third kappa shape index (κ3) is 3.24. The molecule has 0 aliphatic carbocycles. The van der Waals surface area contributed by atoms with Crippen LogP contribution in [0.1, 0.15) is 17.7 Å². The molecule has 0 amide bonds. The summed E-state index contributed by atoms with van der Waals surface area (Å²) in [5.74, 6) is -0.451. The SMILES string of the molecule is C[C@H](Sc1nnc(-c2cccnc2)n1C)c1ccc(F)cc1F. The van der Waals surface area contributed by atoms with Crippen LogP contribution in [-0.4, -0.2) is 19.7 Å². The van der Waals surface area contributed by atoms with Crippen molar-refractivity contribution in [2.45, 2.75) is 17.3 Å². The van der Waals surface area contributed by atoms with Gasteiger partial charge < -0.3 is 4.57 Å². The number of hydrogen-bond acceptors (Lipinski definition) is 4. The first-order valence-corrected chi connectivity index (χ1v) is 7.85. The third-order valence-electron chi connectivity index (χ3n) is 3.44. The molecule has 0 saturated carbocycles. The second kappa shape index (κ2) is 6.45. The molecule has 0 radical (unpaired) electrons. The van der Waals surface area contributed by atoms with Gasteiger partial charge in [-0.15, -0.1) is 10.2 Å². The van der Waals surface area contributed by atoms with Crippen molar-refractivity contribution < 1.29 is 8.78 Å². The van der Waals surface area contributed by atoms with Crippen molar-refractivity contribution in [2.75, 3.05) is 0 Å². The van der Waals surface area contributed by atoms with Gasteiger partial charge in [0, 0.05) is 41.9 Å². The topological polar surface area (TPSA) is 43.6 Å². The van der Waals surface area contributed by atoms with Crippen LogP contribution >= 0.6 is 11.8 Å². The quantitative estimate of drug-likeness (QED) is 0.677. The van der Waals surface area contributed by atoms with E-state index in [9.17, 15) is 8.78 Å². The van der Waals surface area contributed by atoms with Crippen LogP contribution in [0.15, 0.2) is 47.9 Å². The molecule has 0 aliphatic heterocycles. The van der Waals surface area contributed by atoms with Gasteiger partial charge in [0.2, 0.25) is 0 Å². The van der Waals surface area contributed by atoms with Gasteiger partial charge in [0.15, 0.2) is 11.0 Å². The monoisotopic (exact) mass is 332 g/mol. The minimum Gasteiger partial charge on any atom is -0.305 e. The summed E-state index contributed by atoms with van der Waals surface area (Å²) in [4.78, 5) is 4.07. The van der Waals surface area contributed by atoms with Crippen LogP contribution < -0.4 is 0 Å². The van der Waals surface area contributed by atoms with Gasteiger partial charge in [-0.05, 0) is 25.1 Å². The zero-order chi connectivity index (χ0) is 16.4. The Balaban J connectivity index is 1.85. The lowest BCUT2D eigenvalue weighted by atomic mass is 10.1. The number of aromatic nitrogens is 4. The van der Waals surface area contributed by atoms with E-state index in [0.717, 1.165) is 11.6 Å². The van der Waals surface area contributed by atoms with Crippen LogP contribution in [0.25, 0.3) is 11.4 Å². The van der Waals surface area contributed by atoms with Crippen LogP contribution in [0.4, 0.5) is 8.78 Å². The molecule has 0 bridgehead atoms. The summed E-state index contributed by atoms with van der Waals surface area (Å²) < 4.78 is 28.7. The lowest BCUT2D eigenvalue weighted by Gasteiger charge is -2.12. The first-order valence-electron chi connectivity index (χ1n) is 6.97. The van der Waals surface area contributed by atoms with Crippen molar-refractivity contribution in [2.24, 2.45) is 7.05 Å². The molecule has 7 heteroatoms. The molecule has 4 nitrogen and oxygen atoms in total. The first kappa shape index (κ1) is 15.6. The Morgan fingerprint density at radius 1 is 1.17 bits per heavy atom. The molecular weight excluding hydrogens is 318 g/mol. The van der Waals surface area contributed by atoms with Crippen LogP contribution in [0.2, 0.25) is 0 Å². The van der Waals surface area contributed by atoms with Gasteiger partial charge in [-0.2, -0.15) is 0 Å². The molecule has 1 aromatic carbocycles. The average Bonchev–Trinajstić information content (AvgIpc) is 2.89. The van der Waals surface area contributed by atoms with Crippen molar-refractivity contribution in [1.82, 2.24) is 19.7 Å². The standard InChI is InChI=1S/C16H14F2N4S/c1-10(13-6-5-12(17)8-14(13)18)23-16-21-20-15(22(16)2)11-4-3-7-19-9-11/h3-10H,1-2H3/t10-/m0/s1. The highest BCUT2D eigenvalue weighted by molar-refractivity contribution is 7.99. The number of thioether (sulfide) groups is 1. The lowest BCUT2D eigenvalue weighted by Crippen LogP contribution is -1.99. The number of nitrogens with zero attached hydrogens (tertiary/aromatic N) is 4. The second-order valence-corrected chi connectivity index (χ2v) is 6.34. The molecule has 0 fully saturated rings. The maximum absolute atomic E-state index is 13.9. The molecule has 2 aromatic heterocycles. The van der Waals surface area contributed by atoms with Gasteiger partial charge >= 0.3 is 0 Å². The minimum atomic E-state index is -0.582. The Hall–Kier alpha value is -2.28. The molecule has 0 N–H and O–H groups in total. The third-order valence-corrected chi connectivity index (χ3v) is 4.61. The maximum Gasteiger partial charge on any atom is 0.191 e. The summed E-state index contributed by atoms with van der Waals surface area (Å²) in [6.45, 7) is 1.85. The van der Waals surface area contributed by atoms with E-state index in [0.29, 0.717) is 16.5 Å². The number of halogens is 2. The Morgan fingerprint density at radius 3 is 2.70 bits per heavy atom. The van der Waals surface area contributed by atoms with E-state index in [1.807, 2.05) is 30.7 Å². The summed E-state index contributed by atoms with van der Waals surface area (Å²) in [6, 6.07) is 7.33. The van der Waals surface area contributed by atoms with Gasteiger partial charge in [0.25, 0.3) is 0 Å². The molecule has 23 heavy (non-hydrogen) atoms. The highest BCUT2D eigenvalue weighted by Gasteiger charge is 2.18. The van der Waals surface area contributed by atoms with Gasteiger partial charge in [0.1, 0.15) is 11.6 Å². The fraction of sp³-hybridized carbons (Fsp3) is 0.188. The van der Waals surface area contributed by atoms with E-state index in [1.165, 1.54) is 23.9 Å². The number of hydrogen-bond donors (Lipinski definition) is 0. The van der Waals surface area contributed by atoms with E-state index < -0.39 is 11.6 Å². The molecule has 0 unspecified atom stereocenters. The zero-order valence-electron chi connectivity index (χ0n) is 12.6. The van der Waals surface area contributed by atoms with Crippen molar-refractivity contribution in [3.8, 4) is 11.4 Å². The van der Waals surface area contributed by atoms with Gasteiger partial charge in [-0.1, -0.05) is 17.8 Å². The molecule has 3 rings (SSSR count). The van der Waals surface area contributed by atoms with Gasteiger partial charge in [-0.3, -0.25) is 4.98 Å². The number of benzene rings is 1. The van der Waals surface area contributed by atoms with Crippen LogP contribution in [0.3, 0.4) is 0 Å². The maximum atomic E-state index is 13.9. The van der Waals surface area contributed by atoms with E-state index in [1.54, 1.807) is 12.4 Å². The van der Waals surface area contributed by atoms with Crippen molar-refractivity contribution >= 4 is 11.8 Å². The summed E-state index contributed by atoms with van der Waals surface area (Å²) in [5.41, 5.74) is 1.29. The molecule has 2 heterocycles. The molecule has 1 atom stereocenters. The summed E-state index contributed by atoms with van der Waals surface area (Å²) >= 11 is 1.37. The molecule has 0 saturated heterocycles. The molecule has 118 valence electrons. The Morgan fingerprint density at radius 2 is 2.00 bits per heavy atom. The van der Waals surface area contributed by atoms with Crippen LogP contribution in [0, 0.1) is 11.6 Å². The van der Waals surface area contributed by atoms with Crippen molar-refractivity contribution in [3.05, 3.63) is 59.9 Å². The zero-order valence-corrected chi connectivity index (χ0v) is 13.4. The fourth-order valence-corrected chi connectivity index (χ4v) is 3.18. The molecule has 0 aliphatic rings. The van der Waals surface area contributed by atoms with Crippen molar-refractivity contribution in [3.63, 3.8) is 0 Å². The Kier molecular flexibility index (Phi) is 4.38. The fourth-order valence-electron chi connectivity index (χ4n) is 2.22. The van der Waals surface area contributed by atoms with Crippen LogP contribution in [0.5, 0.6) is 0 Å². The molecule has 3 aromatic rings. The predicted octanol–water partition coefficient (Wildman–Crippen LogP) is 4.01. The summed E-state index contributed by atoms with van der Waals surface area (Å²) in [6.07, 6.45) is 3.40. The first-order chi connectivity index (χ1) is 11.1. The second-order valence-electron chi connectivity index (χ2n) is 5.03. The van der Waals surface area contributed by atoms with Gasteiger partial charge in [0.05, 0.1) is 0 Å². The summed E-state index contributed by atoms with van der Waals surface area (Å²) in [5, 5.41) is 8.75. The largest absolute Gasteiger partial charge is 0.305 e. The average molecular weight is 332 g/mol. The van der Waals surface area contributed by atoms with E-state index in [4.69, 9.17) is 0 Å². The van der Waals surface area contributed by atoms with E-state index in [2.05, 4.69) is 15.2 Å². The number of rotatable bonds is 4. The predicted molar refractivity (Wildman–Crippen MR) is 84.9 cm³/mol. The van der Waals surface area contributed by atoms with Gasteiger partial charge in [-0.25, -0.2) is 8.78 Å². The Labute approximate surface area is 136 Å². The normalized spacial score (nSPS) is 12.3. The molecular formula is C16H14F2N4S. The highest BCUT2D eigenvalue weighted by atomic mass is 32.2. The smallest absolute Gasteiger partial charge is 0.191 e. The highest BCUT2D eigenvalue weighted by Crippen LogP contribution is 2.35. The van der Waals surface area contributed by atoms with E-state index >= 15 is 0 Å². The van der Waals surface area contributed by atoms with E-state index in [-0.39, 0.29) is 5.25 Å². The Bertz CT molecular complexity index is 820. The summed E-state index contributed by atoms with van der Waals surface area (Å²) in [7, 11) is 1.85. The minimum absolute atomic E-state index is 0.222. The lowest BCUT2D eigenvalue weighted by molar-refractivity contribution is 0.572.